The molecule has 0 unspecified atom stereocenters. The van der Waals surface area contributed by atoms with Crippen LogP contribution in [-0.2, 0) is 9.53 Å². The highest BCUT2D eigenvalue weighted by molar-refractivity contribution is 8.01. The van der Waals surface area contributed by atoms with Gasteiger partial charge in [0.2, 0.25) is 0 Å². The van der Waals surface area contributed by atoms with Gasteiger partial charge in [0.05, 0.1) is 5.56 Å². The third-order valence-corrected chi connectivity index (χ3v) is 5.27. The highest BCUT2D eigenvalue weighted by Gasteiger charge is 2.23. The summed E-state index contributed by atoms with van der Waals surface area (Å²) in [6, 6.07) is 7.05. The van der Waals surface area contributed by atoms with E-state index >= 15 is 0 Å². The lowest BCUT2D eigenvalue weighted by molar-refractivity contribution is -0.129. The van der Waals surface area contributed by atoms with E-state index in [1.165, 1.54) is 23.1 Å². The number of carbonyl (C=O) groups is 2. The highest BCUT2D eigenvalue weighted by Crippen LogP contribution is 2.33. The third kappa shape index (κ3) is 5.06. The van der Waals surface area contributed by atoms with Crippen LogP contribution < -0.4 is 0 Å². The highest BCUT2D eigenvalue weighted by atomic mass is 35.5. The first kappa shape index (κ1) is 18.0. The number of ether oxygens (including phenoxy) is 1. The van der Waals surface area contributed by atoms with E-state index in [4.69, 9.17) is 16.3 Å². The Morgan fingerprint density at radius 2 is 2.00 bits per heavy atom. The van der Waals surface area contributed by atoms with Crippen molar-refractivity contribution in [3.63, 3.8) is 0 Å². The number of nitrogens with zero attached hydrogens (tertiary/aromatic N) is 1. The molecule has 2 rings (SSSR count). The lowest BCUT2D eigenvalue weighted by Gasteiger charge is -2.16. The quantitative estimate of drug-likeness (QED) is 0.714. The molecule has 0 spiro atoms. The molecule has 0 N–H and O–H groups in total. The summed E-state index contributed by atoms with van der Waals surface area (Å²) >= 11 is 8.55. The standard InChI is InChI=1S/C16H16ClNO3S2/c1-16(2,3)12(19)8-21-14(20)10-6-4-5-7-11(10)23-15-18-13(17)9-22-15/h4-7,9H,8H2,1-3H3. The fourth-order valence-corrected chi connectivity index (χ4v) is 3.60. The number of ketones is 1. The van der Waals surface area contributed by atoms with Crippen molar-refractivity contribution in [1.29, 1.82) is 0 Å². The Morgan fingerprint density at radius 1 is 1.30 bits per heavy atom. The van der Waals surface area contributed by atoms with Crippen LogP contribution in [0.1, 0.15) is 31.1 Å². The van der Waals surface area contributed by atoms with Crippen LogP contribution in [0.15, 0.2) is 38.9 Å². The molecule has 122 valence electrons. The van der Waals surface area contributed by atoms with Crippen molar-refractivity contribution in [2.75, 3.05) is 6.61 Å². The van der Waals surface area contributed by atoms with Gasteiger partial charge in [0.25, 0.3) is 0 Å². The zero-order valence-corrected chi connectivity index (χ0v) is 15.3. The molecule has 2 aromatic rings. The molecule has 0 saturated carbocycles. The Bertz CT molecular complexity index is 722. The zero-order chi connectivity index (χ0) is 17.0. The predicted molar refractivity (Wildman–Crippen MR) is 92.4 cm³/mol. The largest absolute Gasteiger partial charge is 0.454 e. The summed E-state index contributed by atoms with van der Waals surface area (Å²) in [4.78, 5) is 29.0. The van der Waals surface area contributed by atoms with Crippen molar-refractivity contribution < 1.29 is 14.3 Å². The monoisotopic (exact) mass is 369 g/mol. The van der Waals surface area contributed by atoms with E-state index in [9.17, 15) is 9.59 Å². The fourth-order valence-electron chi connectivity index (χ4n) is 1.53. The average Bonchev–Trinajstić information content (AvgIpc) is 2.89. The van der Waals surface area contributed by atoms with Crippen molar-refractivity contribution in [3.05, 3.63) is 40.4 Å². The minimum Gasteiger partial charge on any atom is -0.454 e. The van der Waals surface area contributed by atoms with Crippen LogP contribution in [-0.4, -0.2) is 23.3 Å². The van der Waals surface area contributed by atoms with Crippen LogP contribution in [0.5, 0.6) is 0 Å². The summed E-state index contributed by atoms with van der Waals surface area (Å²) in [5.41, 5.74) is -0.128. The van der Waals surface area contributed by atoms with Gasteiger partial charge < -0.3 is 4.74 Å². The first-order valence-electron chi connectivity index (χ1n) is 6.85. The van der Waals surface area contributed by atoms with Crippen LogP contribution >= 0.6 is 34.7 Å². The molecular formula is C16H16ClNO3S2. The molecule has 1 heterocycles. The molecule has 7 heteroatoms. The van der Waals surface area contributed by atoms with Gasteiger partial charge >= 0.3 is 5.97 Å². The van der Waals surface area contributed by atoms with Crippen molar-refractivity contribution >= 4 is 46.5 Å². The molecule has 0 amide bonds. The van der Waals surface area contributed by atoms with Crippen molar-refractivity contribution in [2.24, 2.45) is 5.41 Å². The van der Waals surface area contributed by atoms with Gasteiger partial charge in [0.15, 0.2) is 16.7 Å². The Labute approximate surface area is 148 Å². The Morgan fingerprint density at radius 3 is 2.61 bits per heavy atom. The zero-order valence-electron chi connectivity index (χ0n) is 13.0. The molecule has 0 fully saturated rings. The van der Waals surface area contributed by atoms with Gasteiger partial charge in [-0.3, -0.25) is 4.79 Å². The summed E-state index contributed by atoms with van der Waals surface area (Å²) in [6.45, 7) is 5.14. The summed E-state index contributed by atoms with van der Waals surface area (Å²) < 4.78 is 5.89. The molecule has 0 radical (unpaired) electrons. The maximum atomic E-state index is 12.3. The van der Waals surface area contributed by atoms with E-state index in [1.54, 1.807) is 38.3 Å². The Balaban J connectivity index is 2.10. The van der Waals surface area contributed by atoms with Crippen LogP contribution in [0.3, 0.4) is 0 Å². The minimum atomic E-state index is -0.536. The lowest BCUT2D eigenvalue weighted by atomic mass is 9.91. The van der Waals surface area contributed by atoms with Gasteiger partial charge in [-0.15, -0.1) is 11.3 Å². The van der Waals surface area contributed by atoms with Crippen LogP contribution in [0.4, 0.5) is 0 Å². The van der Waals surface area contributed by atoms with Crippen LogP contribution in [0, 0.1) is 5.41 Å². The van der Waals surface area contributed by atoms with Crippen LogP contribution in [0.2, 0.25) is 5.15 Å². The number of thiazole rings is 1. The second-order valence-corrected chi connectivity index (χ2v) is 8.32. The summed E-state index contributed by atoms with van der Waals surface area (Å²) in [6.07, 6.45) is 0. The number of benzene rings is 1. The number of halogens is 1. The molecule has 23 heavy (non-hydrogen) atoms. The smallest absolute Gasteiger partial charge is 0.339 e. The molecule has 0 aliphatic carbocycles. The minimum absolute atomic E-state index is 0.123. The molecule has 1 aromatic heterocycles. The summed E-state index contributed by atoms with van der Waals surface area (Å²) in [5, 5.41) is 2.15. The number of Topliss-reactive ketones (excluding diaryl/α,β-unsaturated/α-hetero) is 1. The summed E-state index contributed by atoms with van der Waals surface area (Å²) in [5.74, 6) is -0.643. The van der Waals surface area contributed by atoms with Gasteiger partial charge in [-0.2, -0.15) is 0 Å². The van der Waals surface area contributed by atoms with E-state index in [0.29, 0.717) is 15.6 Å². The number of esters is 1. The number of aromatic nitrogens is 1. The summed E-state index contributed by atoms with van der Waals surface area (Å²) in [7, 11) is 0. The number of carbonyl (C=O) groups excluding carboxylic acids is 2. The van der Waals surface area contributed by atoms with Gasteiger partial charge in [0, 0.05) is 15.7 Å². The lowest BCUT2D eigenvalue weighted by Crippen LogP contribution is -2.26. The van der Waals surface area contributed by atoms with E-state index in [2.05, 4.69) is 4.98 Å². The molecule has 0 saturated heterocycles. The predicted octanol–water partition coefficient (Wildman–Crippen LogP) is 4.72. The second kappa shape index (κ2) is 7.47. The SMILES string of the molecule is CC(C)(C)C(=O)COC(=O)c1ccccc1Sc1nc(Cl)cs1. The average molecular weight is 370 g/mol. The van der Waals surface area contributed by atoms with Gasteiger partial charge in [-0.05, 0) is 12.1 Å². The van der Waals surface area contributed by atoms with Gasteiger partial charge in [-0.1, -0.05) is 56.3 Å². The fraction of sp³-hybridized carbons (Fsp3) is 0.312. The third-order valence-electron chi connectivity index (χ3n) is 2.93. The number of rotatable bonds is 5. The number of hydrogen-bond acceptors (Lipinski definition) is 6. The molecule has 0 aliphatic heterocycles. The van der Waals surface area contributed by atoms with Crippen molar-refractivity contribution in [2.45, 2.75) is 30.0 Å². The Hall–Kier alpha value is -1.37. The number of hydrogen-bond donors (Lipinski definition) is 0. The second-order valence-electron chi connectivity index (χ2n) is 5.78. The van der Waals surface area contributed by atoms with Crippen molar-refractivity contribution in [1.82, 2.24) is 4.98 Å². The molecule has 4 nitrogen and oxygen atoms in total. The normalized spacial score (nSPS) is 11.3. The maximum Gasteiger partial charge on any atom is 0.339 e. The molecule has 0 aliphatic rings. The first-order valence-corrected chi connectivity index (χ1v) is 8.93. The molecular weight excluding hydrogens is 354 g/mol. The topological polar surface area (TPSA) is 56.3 Å². The van der Waals surface area contributed by atoms with Gasteiger partial charge in [-0.25, -0.2) is 9.78 Å². The maximum absolute atomic E-state index is 12.3. The molecule has 1 aromatic carbocycles. The van der Waals surface area contributed by atoms with E-state index in [0.717, 1.165) is 4.34 Å². The van der Waals surface area contributed by atoms with E-state index < -0.39 is 11.4 Å². The van der Waals surface area contributed by atoms with Gasteiger partial charge in [0.1, 0.15) is 5.15 Å². The van der Waals surface area contributed by atoms with E-state index in [1.807, 2.05) is 12.1 Å². The molecule has 0 atom stereocenters. The Kier molecular flexibility index (Phi) is 5.84. The first-order chi connectivity index (χ1) is 10.8. The molecule has 0 bridgehead atoms. The van der Waals surface area contributed by atoms with Crippen LogP contribution in [0.25, 0.3) is 0 Å². The van der Waals surface area contributed by atoms with Crippen molar-refractivity contribution in [3.8, 4) is 0 Å². The van der Waals surface area contributed by atoms with E-state index in [-0.39, 0.29) is 12.4 Å².